The smallest absolute Gasteiger partial charge is 0.210 e. The zero-order chi connectivity index (χ0) is 10.6. The van der Waals surface area contributed by atoms with Crippen LogP contribution in [-0.2, 0) is 16.4 Å². The summed E-state index contributed by atoms with van der Waals surface area (Å²) >= 11 is 1.22. The van der Waals surface area contributed by atoms with Gasteiger partial charge in [0.1, 0.15) is 5.82 Å². The lowest BCUT2D eigenvalue weighted by Crippen LogP contribution is -2.22. The predicted molar refractivity (Wildman–Crippen MR) is 55.8 cm³/mol. The molecule has 3 N–H and O–H groups in total. The van der Waals surface area contributed by atoms with Gasteiger partial charge in [-0.3, -0.25) is 0 Å². The van der Waals surface area contributed by atoms with Gasteiger partial charge in [-0.25, -0.2) is 18.5 Å². The second-order valence-corrected chi connectivity index (χ2v) is 5.15. The molecule has 6 nitrogen and oxygen atoms in total. The number of sulfonamides is 1. The molecule has 8 heteroatoms. The van der Waals surface area contributed by atoms with Crippen LogP contribution in [0.4, 0.5) is 5.13 Å². The van der Waals surface area contributed by atoms with E-state index in [1.54, 1.807) is 0 Å². The van der Waals surface area contributed by atoms with Gasteiger partial charge in [-0.05, 0) is 0 Å². The summed E-state index contributed by atoms with van der Waals surface area (Å²) in [5.41, 5.74) is 0. The van der Waals surface area contributed by atoms with Gasteiger partial charge in [0.05, 0.1) is 5.75 Å². The van der Waals surface area contributed by atoms with Crippen molar-refractivity contribution in [2.75, 3.05) is 17.6 Å². The summed E-state index contributed by atoms with van der Waals surface area (Å²) in [7, 11) is -3.40. The third-order valence-electron chi connectivity index (χ3n) is 1.45. The van der Waals surface area contributed by atoms with Gasteiger partial charge < -0.3 is 5.32 Å². The summed E-state index contributed by atoms with van der Waals surface area (Å²) in [5, 5.41) is 8.30. The molecule has 14 heavy (non-hydrogen) atoms. The first-order valence-corrected chi connectivity index (χ1v) is 6.57. The minimum atomic E-state index is -3.40. The zero-order valence-electron chi connectivity index (χ0n) is 7.73. The van der Waals surface area contributed by atoms with E-state index in [1.165, 1.54) is 11.5 Å². The monoisotopic (exact) mass is 236 g/mol. The Morgan fingerprint density at radius 3 is 2.79 bits per heavy atom. The van der Waals surface area contributed by atoms with Crippen LogP contribution in [-0.4, -0.2) is 30.1 Å². The quantitative estimate of drug-likeness (QED) is 0.738. The normalized spacial score (nSPS) is 11.6. The Labute approximate surface area is 86.8 Å². The van der Waals surface area contributed by atoms with Crippen molar-refractivity contribution in [3.8, 4) is 0 Å². The molecule has 0 fully saturated rings. The van der Waals surface area contributed by atoms with Crippen molar-refractivity contribution in [1.29, 1.82) is 0 Å². The fourth-order valence-electron chi connectivity index (χ4n) is 0.770. The van der Waals surface area contributed by atoms with Crippen LogP contribution in [0.2, 0.25) is 0 Å². The van der Waals surface area contributed by atoms with Gasteiger partial charge in [0.25, 0.3) is 0 Å². The number of nitrogens with one attached hydrogen (secondary N) is 1. The first-order chi connectivity index (χ1) is 6.51. The molecule has 80 valence electrons. The van der Waals surface area contributed by atoms with Crippen molar-refractivity contribution in [2.45, 2.75) is 13.3 Å². The Hall–Kier alpha value is -0.730. The fraction of sp³-hybridized carbons (Fsp3) is 0.667. The van der Waals surface area contributed by atoms with Gasteiger partial charge in [0.15, 0.2) is 0 Å². The third kappa shape index (κ3) is 3.99. The van der Waals surface area contributed by atoms with Gasteiger partial charge in [-0.15, -0.1) is 0 Å². The predicted octanol–water partition coefficient (Wildman–Crippen LogP) is -0.199. The molecule has 0 atom stereocenters. The highest BCUT2D eigenvalue weighted by Crippen LogP contribution is 2.10. The molecule has 0 aliphatic rings. The second kappa shape index (κ2) is 4.67. The maximum atomic E-state index is 10.6. The van der Waals surface area contributed by atoms with Crippen molar-refractivity contribution < 1.29 is 8.42 Å². The highest BCUT2D eigenvalue weighted by atomic mass is 32.2. The number of aryl methyl sites for hydroxylation is 1. The first kappa shape index (κ1) is 11.3. The molecular formula is C6H12N4O2S2. The largest absolute Gasteiger partial charge is 0.359 e. The number of nitrogens with two attached hydrogens (primary N) is 1. The number of hydrogen-bond donors (Lipinski definition) is 2. The lowest BCUT2D eigenvalue weighted by Gasteiger charge is -1.98. The van der Waals surface area contributed by atoms with E-state index in [2.05, 4.69) is 14.7 Å². The number of rotatable bonds is 5. The van der Waals surface area contributed by atoms with E-state index in [4.69, 9.17) is 5.14 Å². The van der Waals surface area contributed by atoms with Crippen LogP contribution >= 0.6 is 11.5 Å². The molecule has 0 saturated carbocycles. The molecule has 0 unspecified atom stereocenters. The minimum absolute atomic E-state index is 0.103. The molecular weight excluding hydrogens is 224 g/mol. The Morgan fingerprint density at radius 1 is 1.57 bits per heavy atom. The van der Waals surface area contributed by atoms with E-state index in [-0.39, 0.29) is 12.3 Å². The average Bonchev–Trinajstić information content (AvgIpc) is 2.50. The Balaban J connectivity index is 2.39. The molecule has 1 rings (SSSR count). The number of hydrogen-bond acceptors (Lipinski definition) is 6. The highest BCUT2D eigenvalue weighted by Gasteiger charge is 2.04. The Morgan fingerprint density at radius 2 is 2.29 bits per heavy atom. The molecule has 0 saturated heterocycles. The SMILES string of the molecule is CCc1nsc(NCCS(N)(=O)=O)n1. The molecule has 1 aromatic heterocycles. The average molecular weight is 236 g/mol. The number of aromatic nitrogens is 2. The van der Waals surface area contributed by atoms with Gasteiger partial charge >= 0.3 is 0 Å². The van der Waals surface area contributed by atoms with Crippen molar-refractivity contribution >= 4 is 26.7 Å². The summed E-state index contributed by atoms with van der Waals surface area (Å²) in [6.45, 7) is 2.22. The topological polar surface area (TPSA) is 98.0 Å². The molecule has 0 aliphatic heterocycles. The lowest BCUT2D eigenvalue weighted by molar-refractivity contribution is 0.598. The molecule has 0 spiro atoms. The number of anilines is 1. The maximum absolute atomic E-state index is 10.6. The number of primary sulfonamides is 1. The first-order valence-electron chi connectivity index (χ1n) is 4.08. The van der Waals surface area contributed by atoms with Crippen LogP contribution < -0.4 is 10.5 Å². The standard InChI is InChI=1S/C6H12N4O2S2/c1-2-5-9-6(13-10-5)8-3-4-14(7,11)12/h2-4H2,1H3,(H2,7,11,12)(H,8,9,10). The maximum Gasteiger partial charge on any atom is 0.210 e. The van der Waals surface area contributed by atoms with Crippen LogP contribution in [0, 0.1) is 0 Å². The van der Waals surface area contributed by atoms with Crippen molar-refractivity contribution in [3.05, 3.63) is 5.82 Å². The summed E-state index contributed by atoms with van der Waals surface area (Å²) in [6.07, 6.45) is 0.771. The van der Waals surface area contributed by atoms with E-state index in [0.29, 0.717) is 5.13 Å². The molecule has 0 bridgehead atoms. The van der Waals surface area contributed by atoms with Gasteiger partial charge in [-0.2, -0.15) is 4.37 Å². The number of nitrogens with zero attached hydrogens (tertiary/aromatic N) is 2. The Kier molecular flexibility index (Phi) is 3.78. The highest BCUT2D eigenvalue weighted by molar-refractivity contribution is 7.89. The molecule has 0 radical (unpaired) electrons. The van der Waals surface area contributed by atoms with Crippen LogP contribution in [0.5, 0.6) is 0 Å². The van der Waals surface area contributed by atoms with Crippen molar-refractivity contribution in [2.24, 2.45) is 5.14 Å². The van der Waals surface area contributed by atoms with E-state index in [1.807, 2.05) is 6.92 Å². The third-order valence-corrected chi connectivity index (χ3v) is 2.93. The van der Waals surface area contributed by atoms with Crippen LogP contribution in [0.25, 0.3) is 0 Å². The van der Waals surface area contributed by atoms with E-state index < -0.39 is 10.0 Å². The van der Waals surface area contributed by atoms with E-state index in [0.717, 1.165) is 12.2 Å². The molecule has 1 aromatic rings. The summed E-state index contributed by atoms with van der Waals surface area (Å²) in [6, 6.07) is 0. The van der Waals surface area contributed by atoms with Gasteiger partial charge in [-0.1, -0.05) is 6.92 Å². The van der Waals surface area contributed by atoms with Gasteiger partial charge in [0.2, 0.25) is 15.2 Å². The van der Waals surface area contributed by atoms with Crippen molar-refractivity contribution in [1.82, 2.24) is 9.36 Å². The van der Waals surface area contributed by atoms with E-state index in [9.17, 15) is 8.42 Å². The molecule has 0 aliphatic carbocycles. The molecule has 1 heterocycles. The van der Waals surface area contributed by atoms with Crippen LogP contribution in [0.3, 0.4) is 0 Å². The van der Waals surface area contributed by atoms with Crippen LogP contribution in [0.1, 0.15) is 12.7 Å². The van der Waals surface area contributed by atoms with E-state index >= 15 is 0 Å². The summed E-state index contributed by atoms with van der Waals surface area (Å²) in [4.78, 5) is 4.11. The zero-order valence-corrected chi connectivity index (χ0v) is 9.36. The minimum Gasteiger partial charge on any atom is -0.359 e. The molecule has 0 aromatic carbocycles. The Bertz CT molecular complexity index is 386. The van der Waals surface area contributed by atoms with Crippen LogP contribution in [0.15, 0.2) is 0 Å². The lowest BCUT2D eigenvalue weighted by atomic mass is 10.5. The summed E-state index contributed by atoms with van der Waals surface area (Å²) in [5.74, 6) is 0.654. The molecule has 0 amide bonds. The van der Waals surface area contributed by atoms with Gasteiger partial charge in [0, 0.05) is 24.5 Å². The summed E-state index contributed by atoms with van der Waals surface area (Å²) < 4.78 is 25.2. The van der Waals surface area contributed by atoms with Crippen molar-refractivity contribution in [3.63, 3.8) is 0 Å². The fourth-order valence-corrected chi connectivity index (χ4v) is 1.83. The second-order valence-electron chi connectivity index (χ2n) is 2.66.